The highest BCUT2D eigenvalue weighted by Crippen LogP contribution is 2.25. The van der Waals surface area contributed by atoms with Crippen molar-refractivity contribution in [1.82, 2.24) is 5.32 Å². The van der Waals surface area contributed by atoms with E-state index >= 15 is 0 Å². The Balaban J connectivity index is 2.22. The molecular formula is C21H24F3N3O2. The summed E-state index contributed by atoms with van der Waals surface area (Å²) in [6.45, 7) is 6.68. The van der Waals surface area contributed by atoms with Gasteiger partial charge in [-0.2, -0.15) is 0 Å². The molecule has 0 atom stereocenters. The van der Waals surface area contributed by atoms with E-state index in [1.807, 2.05) is 0 Å². The molecule has 3 amide bonds. The Labute approximate surface area is 167 Å². The number of hydrogen-bond donors (Lipinski definition) is 2. The molecule has 0 heterocycles. The first-order chi connectivity index (χ1) is 13.5. The lowest BCUT2D eigenvalue weighted by Crippen LogP contribution is -2.43. The Morgan fingerprint density at radius 2 is 1.79 bits per heavy atom. The number of hydrogen-bond acceptors (Lipinski definition) is 2. The first kappa shape index (κ1) is 22.3. The lowest BCUT2D eigenvalue weighted by atomic mass is 10.1. The number of carbonyl (C=O) groups excluding carboxylic acids is 2. The molecule has 29 heavy (non-hydrogen) atoms. The van der Waals surface area contributed by atoms with E-state index in [0.717, 1.165) is 6.07 Å². The van der Waals surface area contributed by atoms with Crippen molar-refractivity contribution in [2.24, 2.45) is 0 Å². The molecule has 2 aromatic carbocycles. The fourth-order valence-corrected chi connectivity index (χ4v) is 2.66. The van der Waals surface area contributed by atoms with E-state index in [4.69, 9.17) is 0 Å². The summed E-state index contributed by atoms with van der Waals surface area (Å²) in [5.74, 6) is -1.10. The summed E-state index contributed by atoms with van der Waals surface area (Å²) in [4.78, 5) is 25.3. The minimum absolute atomic E-state index is 0.00657. The molecular weight excluding hydrogens is 383 g/mol. The molecule has 0 aromatic heterocycles. The predicted octanol–water partition coefficient (Wildman–Crippen LogP) is 5.24. The monoisotopic (exact) mass is 407 g/mol. The van der Waals surface area contributed by atoms with Crippen LogP contribution in [0.4, 0.5) is 29.3 Å². The van der Waals surface area contributed by atoms with Crippen molar-refractivity contribution >= 4 is 23.3 Å². The van der Waals surface area contributed by atoms with E-state index in [1.54, 1.807) is 26.8 Å². The van der Waals surface area contributed by atoms with Crippen LogP contribution in [0.25, 0.3) is 0 Å². The van der Waals surface area contributed by atoms with Crippen LogP contribution in [-0.2, 0) is 11.3 Å². The number of halogens is 3. The van der Waals surface area contributed by atoms with Crippen molar-refractivity contribution in [3.8, 4) is 0 Å². The summed E-state index contributed by atoms with van der Waals surface area (Å²) in [6, 6.07) is 9.09. The SMILES string of the molecule is CC(=O)N(Cc1cccc(C(F)F)c1)c1ccc(NC(=O)NC(C)(C)C)c(F)c1. The van der Waals surface area contributed by atoms with E-state index in [1.165, 1.54) is 42.2 Å². The Bertz CT molecular complexity index is 895. The molecule has 0 saturated heterocycles. The zero-order valence-corrected chi connectivity index (χ0v) is 16.7. The molecule has 0 bridgehead atoms. The van der Waals surface area contributed by atoms with Crippen molar-refractivity contribution in [2.45, 2.75) is 46.2 Å². The number of urea groups is 1. The van der Waals surface area contributed by atoms with E-state index in [0.29, 0.717) is 5.56 Å². The molecule has 0 aliphatic carbocycles. The number of carbonyl (C=O) groups is 2. The van der Waals surface area contributed by atoms with Crippen LogP contribution >= 0.6 is 0 Å². The number of rotatable bonds is 5. The number of nitrogens with one attached hydrogen (secondary N) is 2. The van der Waals surface area contributed by atoms with Gasteiger partial charge < -0.3 is 15.5 Å². The van der Waals surface area contributed by atoms with Gasteiger partial charge in [0.1, 0.15) is 5.82 Å². The quantitative estimate of drug-likeness (QED) is 0.712. The van der Waals surface area contributed by atoms with Gasteiger partial charge in [0.05, 0.1) is 12.2 Å². The summed E-state index contributed by atoms with van der Waals surface area (Å²) in [5, 5.41) is 5.07. The van der Waals surface area contributed by atoms with E-state index in [9.17, 15) is 22.8 Å². The second kappa shape index (κ2) is 8.98. The van der Waals surface area contributed by atoms with Crippen LogP contribution in [0.15, 0.2) is 42.5 Å². The molecule has 0 radical (unpaired) electrons. The Morgan fingerprint density at radius 3 is 2.34 bits per heavy atom. The molecule has 2 N–H and O–H groups in total. The standard InChI is InChI=1S/C21H24F3N3O2/c1-13(28)27(12-14-6-5-7-15(10-14)19(23)24)16-8-9-18(17(22)11-16)25-20(29)26-21(2,3)4/h5-11,19H,12H2,1-4H3,(H2,25,26,29). The molecule has 8 heteroatoms. The highest BCUT2D eigenvalue weighted by Gasteiger charge is 2.18. The van der Waals surface area contributed by atoms with Gasteiger partial charge in [-0.25, -0.2) is 18.0 Å². The summed E-state index contributed by atoms with van der Waals surface area (Å²) >= 11 is 0. The Hall–Kier alpha value is -3.03. The van der Waals surface area contributed by atoms with Gasteiger partial charge in [-0.05, 0) is 50.6 Å². The van der Waals surface area contributed by atoms with Crippen molar-refractivity contribution < 1.29 is 22.8 Å². The topological polar surface area (TPSA) is 61.4 Å². The molecule has 2 rings (SSSR count). The Morgan fingerprint density at radius 1 is 1.10 bits per heavy atom. The number of nitrogens with zero attached hydrogens (tertiary/aromatic N) is 1. The molecule has 0 aliphatic heterocycles. The molecule has 0 fully saturated rings. The normalized spacial score (nSPS) is 11.3. The third kappa shape index (κ3) is 6.51. The molecule has 156 valence electrons. The molecule has 0 aliphatic rings. The van der Waals surface area contributed by atoms with Crippen LogP contribution in [0.1, 0.15) is 45.2 Å². The van der Waals surface area contributed by atoms with Crippen LogP contribution in [0.3, 0.4) is 0 Å². The largest absolute Gasteiger partial charge is 0.333 e. The first-order valence-corrected chi connectivity index (χ1v) is 9.00. The van der Waals surface area contributed by atoms with Crippen molar-refractivity contribution in [2.75, 3.05) is 10.2 Å². The minimum Gasteiger partial charge on any atom is -0.333 e. The minimum atomic E-state index is -2.62. The highest BCUT2D eigenvalue weighted by molar-refractivity contribution is 5.93. The molecule has 5 nitrogen and oxygen atoms in total. The van der Waals surface area contributed by atoms with Crippen LogP contribution in [0.2, 0.25) is 0 Å². The second-order valence-electron chi connectivity index (χ2n) is 7.64. The van der Waals surface area contributed by atoms with E-state index < -0.39 is 23.8 Å². The lowest BCUT2D eigenvalue weighted by molar-refractivity contribution is -0.116. The average Bonchev–Trinajstić information content (AvgIpc) is 2.60. The van der Waals surface area contributed by atoms with Gasteiger partial charge in [-0.3, -0.25) is 4.79 Å². The zero-order valence-electron chi connectivity index (χ0n) is 16.7. The van der Waals surface area contributed by atoms with Gasteiger partial charge in [0, 0.05) is 23.7 Å². The van der Waals surface area contributed by atoms with Crippen molar-refractivity contribution in [3.05, 3.63) is 59.4 Å². The molecule has 2 aromatic rings. The molecule has 0 saturated carbocycles. The van der Waals surface area contributed by atoms with Crippen LogP contribution in [0.5, 0.6) is 0 Å². The third-order valence-corrected chi connectivity index (χ3v) is 3.92. The summed E-state index contributed by atoms with van der Waals surface area (Å²) in [7, 11) is 0. The van der Waals surface area contributed by atoms with Crippen LogP contribution in [0, 0.1) is 5.82 Å². The maximum Gasteiger partial charge on any atom is 0.319 e. The van der Waals surface area contributed by atoms with Crippen LogP contribution < -0.4 is 15.5 Å². The maximum absolute atomic E-state index is 14.5. The summed E-state index contributed by atoms with van der Waals surface area (Å²) in [5.41, 5.74) is 0.0586. The van der Waals surface area contributed by atoms with Gasteiger partial charge in [0.15, 0.2) is 0 Å². The van der Waals surface area contributed by atoms with E-state index in [2.05, 4.69) is 10.6 Å². The smallest absolute Gasteiger partial charge is 0.319 e. The number of amides is 3. The summed E-state index contributed by atoms with van der Waals surface area (Å²) < 4.78 is 40.3. The van der Waals surface area contributed by atoms with Gasteiger partial charge in [0.25, 0.3) is 6.43 Å². The number of alkyl halides is 2. The maximum atomic E-state index is 14.5. The van der Waals surface area contributed by atoms with Crippen molar-refractivity contribution in [1.29, 1.82) is 0 Å². The van der Waals surface area contributed by atoms with Gasteiger partial charge in [0.2, 0.25) is 5.91 Å². The first-order valence-electron chi connectivity index (χ1n) is 9.00. The molecule has 0 unspecified atom stereocenters. The number of benzene rings is 2. The Kier molecular flexibility index (Phi) is 6.89. The fourth-order valence-electron chi connectivity index (χ4n) is 2.66. The van der Waals surface area contributed by atoms with Crippen molar-refractivity contribution in [3.63, 3.8) is 0 Å². The predicted molar refractivity (Wildman–Crippen MR) is 107 cm³/mol. The number of anilines is 2. The van der Waals surface area contributed by atoms with Gasteiger partial charge in [-0.1, -0.05) is 18.2 Å². The van der Waals surface area contributed by atoms with Gasteiger partial charge >= 0.3 is 6.03 Å². The fraction of sp³-hybridized carbons (Fsp3) is 0.333. The summed E-state index contributed by atoms with van der Waals surface area (Å²) in [6.07, 6.45) is -2.62. The third-order valence-electron chi connectivity index (χ3n) is 3.92. The van der Waals surface area contributed by atoms with Gasteiger partial charge in [-0.15, -0.1) is 0 Å². The zero-order chi connectivity index (χ0) is 21.8. The average molecular weight is 407 g/mol. The van der Waals surface area contributed by atoms with E-state index in [-0.39, 0.29) is 29.4 Å². The second-order valence-corrected chi connectivity index (χ2v) is 7.64. The molecule has 0 spiro atoms. The highest BCUT2D eigenvalue weighted by atomic mass is 19.3. The van der Waals surface area contributed by atoms with Crippen LogP contribution in [-0.4, -0.2) is 17.5 Å². The lowest BCUT2D eigenvalue weighted by Gasteiger charge is -2.23.